The average Bonchev–Trinajstić information content (AvgIpc) is 2.81. The highest BCUT2D eigenvalue weighted by Gasteiger charge is 2.22. The van der Waals surface area contributed by atoms with Crippen LogP contribution in [0.5, 0.6) is 0 Å². The van der Waals surface area contributed by atoms with Gasteiger partial charge >= 0.3 is 0 Å². The van der Waals surface area contributed by atoms with Crippen molar-refractivity contribution in [1.29, 1.82) is 0 Å². The number of nitrogens with two attached hydrogens (primary N) is 1. The van der Waals surface area contributed by atoms with Gasteiger partial charge in [0.2, 0.25) is 5.95 Å². The molecule has 1 aromatic rings. The summed E-state index contributed by atoms with van der Waals surface area (Å²) in [4.78, 5) is 9.06. The highest BCUT2D eigenvalue weighted by Crippen LogP contribution is 2.28. The number of thiocarbonyl (C=S) groups is 1. The summed E-state index contributed by atoms with van der Waals surface area (Å²) in [5.41, 5.74) is 7.14. The van der Waals surface area contributed by atoms with Crippen LogP contribution in [0.4, 0.5) is 5.95 Å². The van der Waals surface area contributed by atoms with Gasteiger partial charge < -0.3 is 11.1 Å². The third-order valence-electron chi connectivity index (χ3n) is 3.57. The summed E-state index contributed by atoms with van der Waals surface area (Å²) in [6.45, 7) is 4.12. The normalized spacial score (nSPS) is 17.7. The summed E-state index contributed by atoms with van der Waals surface area (Å²) in [6, 6.07) is 2.21. The van der Waals surface area contributed by atoms with E-state index in [0.29, 0.717) is 22.7 Å². The van der Waals surface area contributed by atoms with E-state index in [-0.39, 0.29) is 0 Å². The third kappa shape index (κ3) is 3.16. The maximum atomic E-state index is 5.62. The van der Waals surface area contributed by atoms with Crippen molar-refractivity contribution in [1.82, 2.24) is 9.97 Å². The van der Waals surface area contributed by atoms with Gasteiger partial charge in [0.1, 0.15) is 10.7 Å². The molecule has 0 saturated heterocycles. The summed E-state index contributed by atoms with van der Waals surface area (Å²) in [6.07, 6.45) is 5.26. The van der Waals surface area contributed by atoms with Crippen molar-refractivity contribution in [2.75, 3.05) is 5.32 Å². The van der Waals surface area contributed by atoms with E-state index in [1.165, 1.54) is 25.7 Å². The van der Waals surface area contributed by atoms with Crippen LogP contribution in [0, 0.1) is 12.8 Å². The van der Waals surface area contributed by atoms with Crippen LogP contribution in [0.1, 0.15) is 44.0 Å². The maximum Gasteiger partial charge on any atom is 0.223 e. The van der Waals surface area contributed by atoms with Crippen LogP contribution < -0.4 is 11.1 Å². The maximum absolute atomic E-state index is 5.62. The minimum atomic E-state index is 0.317. The Kier molecular flexibility index (Phi) is 4.11. The second kappa shape index (κ2) is 5.61. The molecule has 0 amide bonds. The third-order valence-corrected chi connectivity index (χ3v) is 3.78. The fourth-order valence-electron chi connectivity index (χ4n) is 2.54. The van der Waals surface area contributed by atoms with Crippen LogP contribution in [0.2, 0.25) is 0 Å². The fourth-order valence-corrected chi connectivity index (χ4v) is 2.64. The standard InChI is InChI=1S/C13H20N4S/c1-8-7-11(12(14)18)17-13(15-8)16-9(2)10-5-3-4-6-10/h7,9-10H,3-6H2,1-2H3,(H2,14,18)(H,15,16,17). The van der Waals surface area contributed by atoms with Crippen LogP contribution >= 0.6 is 12.2 Å². The number of rotatable bonds is 4. The largest absolute Gasteiger partial charge is 0.388 e. The van der Waals surface area contributed by atoms with E-state index < -0.39 is 0 Å². The zero-order valence-electron chi connectivity index (χ0n) is 10.9. The van der Waals surface area contributed by atoms with Gasteiger partial charge in [-0.3, -0.25) is 0 Å². The van der Waals surface area contributed by atoms with Crippen molar-refractivity contribution < 1.29 is 0 Å². The van der Waals surface area contributed by atoms with Gasteiger partial charge in [-0.15, -0.1) is 0 Å². The number of nitrogens with one attached hydrogen (secondary N) is 1. The number of anilines is 1. The number of aromatic nitrogens is 2. The van der Waals surface area contributed by atoms with Gasteiger partial charge in [-0.05, 0) is 38.7 Å². The molecule has 1 fully saturated rings. The van der Waals surface area contributed by atoms with Crippen molar-refractivity contribution in [3.8, 4) is 0 Å². The first-order valence-corrected chi connectivity index (χ1v) is 6.89. The van der Waals surface area contributed by atoms with Gasteiger partial charge in [0.25, 0.3) is 0 Å². The Balaban J connectivity index is 2.10. The Bertz CT molecular complexity index is 441. The molecule has 3 N–H and O–H groups in total. The molecule has 18 heavy (non-hydrogen) atoms. The molecule has 0 spiro atoms. The highest BCUT2D eigenvalue weighted by atomic mass is 32.1. The summed E-state index contributed by atoms with van der Waals surface area (Å²) in [5, 5.41) is 3.38. The molecule has 1 aliphatic rings. The predicted octanol–water partition coefficient (Wildman–Crippen LogP) is 2.41. The molecule has 1 atom stereocenters. The average molecular weight is 264 g/mol. The van der Waals surface area contributed by atoms with Crippen LogP contribution in [0.25, 0.3) is 0 Å². The number of nitrogens with zero attached hydrogens (tertiary/aromatic N) is 2. The van der Waals surface area contributed by atoms with Crippen molar-refractivity contribution in [3.63, 3.8) is 0 Å². The first-order valence-electron chi connectivity index (χ1n) is 6.48. The monoisotopic (exact) mass is 264 g/mol. The Labute approximate surface area is 113 Å². The Morgan fingerprint density at radius 2 is 2.11 bits per heavy atom. The predicted molar refractivity (Wildman–Crippen MR) is 77.7 cm³/mol. The summed E-state index contributed by atoms with van der Waals surface area (Å²) in [7, 11) is 0. The van der Waals surface area contributed by atoms with E-state index in [0.717, 1.165) is 11.6 Å². The number of aryl methyl sites for hydroxylation is 1. The molecule has 1 aliphatic carbocycles. The number of hydrogen-bond acceptors (Lipinski definition) is 4. The zero-order chi connectivity index (χ0) is 13.1. The first-order chi connectivity index (χ1) is 8.56. The van der Waals surface area contributed by atoms with Crippen LogP contribution in [-0.2, 0) is 0 Å². The van der Waals surface area contributed by atoms with Gasteiger partial charge in [0.15, 0.2) is 0 Å². The molecule has 0 bridgehead atoms. The molecule has 2 rings (SSSR count). The van der Waals surface area contributed by atoms with E-state index >= 15 is 0 Å². The first kappa shape index (κ1) is 13.2. The van der Waals surface area contributed by atoms with E-state index in [2.05, 4.69) is 22.2 Å². The van der Waals surface area contributed by atoms with Gasteiger partial charge in [-0.25, -0.2) is 9.97 Å². The molecule has 0 aromatic carbocycles. The van der Waals surface area contributed by atoms with Crippen molar-refractivity contribution in [2.45, 2.75) is 45.6 Å². The van der Waals surface area contributed by atoms with Crippen LogP contribution in [0.15, 0.2) is 6.07 Å². The minimum Gasteiger partial charge on any atom is -0.388 e. The van der Waals surface area contributed by atoms with Crippen LogP contribution in [0.3, 0.4) is 0 Å². The zero-order valence-corrected chi connectivity index (χ0v) is 11.8. The minimum absolute atomic E-state index is 0.317. The summed E-state index contributed by atoms with van der Waals surface area (Å²) < 4.78 is 0. The lowest BCUT2D eigenvalue weighted by molar-refractivity contribution is 0.480. The van der Waals surface area contributed by atoms with E-state index in [1.807, 2.05) is 13.0 Å². The molecule has 0 aliphatic heterocycles. The molecular weight excluding hydrogens is 244 g/mol. The van der Waals surface area contributed by atoms with Gasteiger partial charge in [-0.1, -0.05) is 25.1 Å². The lowest BCUT2D eigenvalue weighted by atomic mass is 10.0. The van der Waals surface area contributed by atoms with Crippen molar-refractivity contribution >= 4 is 23.2 Å². The fraction of sp³-hybridized carbons (Fsp3) is 0.615. The van der Waals surface area contributed by atoms with Crippen molar-refractivity contribution in [3.05, 3.63) is 17.5 Å². The molecule has 1 saturated carbocycles. The Morgan fingerprint density at radius 1 is 1.44 bits per heavy atom. The Morgan fingerprint density at radius 3 is 2.72 bits per heavy atom. The van der Waals surface area contributed by atoms with E-state index in [1.54, 1.807) is 0 Å². The topological polar surface area (TPSA) is 63.8 Å². The molecule has 4 nitrogen and oxygen atoms in total. The quantitative estimate of drug-likeness (QED) is 0.818. The number of hydrogen-bond donors (Lipinski definition) is 2. The van der Waals surface area contributed by atoms with Gasteiger partial charge in [0, 0.05) is 11.7 Å². The lowest BCUT2D eigenvalue weighted by Gasteiger charge is -2.20. The summed E-state index contributed by atoms with van der Waals surface area (Å²) >= 11 is 4.96. The molecule has 1 heterocycles. The second-order valence-corrected chi connectivity index (χ2v) is 5.50. The molecule has 0 radical (unpaired) electrons. The SMILES string of the molecule is Cc1cc(C(N)=S)nc(NC(C)C2CCCC2)n1. The van der Waals surface area contributed by atoms with E-state index in [4.69, 9.17) is 18.0 Å². The van der Waals surface area contributed by atoms with Crippen molar-refractivity contribution in [2.24, 2.45) is 11.7 Å². The second-order valence-electron chi connectivity index (χ2n) is 5.06. The van der Waals surface area contributed by atoms with Gasteiger partial charge in [0.05, 0.1) is 0 Å². The molecule has 1 unspecified atom stereocenters. The van der Waals surface area contributed by atoms with Gasteiger partial charge in [-0.2, -0.15) is 0 Å². The lowest BCUT2D eigenvalue weighted by Crippen LogP contribution is -2.26. The Hall–Kier alpha value is -1.23. The highest BCUT2D eigenvalue weighted by molar-refractivity contribution is 7.80. The molecule has 1 aromatic heterocycles. The smallest absolute Gasteiger partial charge is 0.223 e. The van der Waals surface area contributed by atoms with Crippen LogP contribution in [-0.4, -0.2) is 21.0 Å². The molecular formula is C13H20N4S. The van der Waals surface area contributed by atoms with E-state index in [9.17, 15) is 0 Å². The summed E-state index contributed by atoms with van der Waals surface area (Å²) in [5.74, 6) is 1.36. The molecule has 5 heteroatoms. The molecule has 98 valence electrons.